The van der Waals surface area contributed by atoms with Gasteiger partial charge in [-0.3, -0.25) is 9.59 Å². The number of benzene rings is 2. The van der Waals surface area contributed by atoms with Crippen molar-refractivity contribution >= 4 is 23.2 Å². The normalized spacial score (nSPS) is 21.5. The van der Waals surface area contributed by atoms with E-state index in [1.165, 1.54) is 0 Å². The zero-order chi connectivity index (χ0) is 20.9. The highest BCUT2D eigenvalue weighted by molar-refractivity contribution is 6.04. The van der Waals surface area contributed by atoms with Gasteiger partial charge in [0.05, 0.1) is 5.92 Å². The smallest absolute Gasteiger partial charge is 0.251 e. The van der Waals surface area contributed by atoms with Crippen LogP contribution < -0.4 is 19.7 Å². The molecular formula is C24H26N2O4. The highest BCUT2D eigenvalue weighted by Crippen LogP contribution is 2.47. The number of ether oxygens (including phenoxy) is 2. The lowest BCUT2D eigenvalue weighted by molar-refractivity contribution is -0.122. The van der Waals surface area contributed by atoms with Gasteiger partial charge in [0.25, 0.3) is 5.79 Å². The van der Waals surface area contributed by atoms with Crippen LogP contribution in [0, 0.1) is 19.8 Å². The second-order valence-corrected chi connectivity index (χ2v) is 8.60. The number of hydrogen-bond acceptors (Lipinski definition) is 4. The van der Waals surface area contributed by atoms with E-state index >= 15 is 0 Å². The summed E-state index contributed by atoms with van der Waals surface area (Å²) in [5.74, 6) is 0.336. The Hall–Kier alpha value is -3.02. The van der Waals surface area contributed by atoms with Crippen molar-refractivity contribution in [1.82, 2.24) is 0 Å². The molecule has 0 bridgehead atoms. The molecule has 2 aromatic carbocycles. The van der Waals surface area contributed by atoms with Crippen molar-refractivity contribution < 1.29 is 19.1 Å². The quantitative estimate of drug-likeness (QED) is 0.824. The molecule has 1 saturated carbocycles. The van der Waals surface area contributed by atoms with Gasteiger partial charge in [-0.1, -0.05) is 12.1 Å². The first-order valence-electron chi connectivity index (χ1n) is 10.6. The summed E-state index contributed by atoms with van der Waals surface area (Å²) in [5, 5.41) is 2.96. The summed E-state index contributed by atoms with van der Waals surface area (Å²) < 4.78 is 12.1. The topological polar surface area (TPSA) is 67.9 Å². The van der Waals surface area contributed by atoms with Gasteiger partial charge in [-0.25, -0.2) is 0 Å². The van der Waals surface area contributed by atoms with E-state index in [0.29, 0.717) is 18.0 Å². The van der Waals surface area contributed by atoms with E-state index < -0.39 is 5.79 Å². The molecule has 2 aromatic rings. The van der Waals surface area contributed by atoms with Gasteiger partial charge >= 0.3 is 0 Å². The van der Waals surface area contributed by atoms with Crippen LogP contribution in [-0.4, -0.2) is 24.1 Å². The predicted octanol–water partition coefficient (Wildman–Crippen LogP) is 4.34. The van der Waals surface area contributed by atoms with Crippen LogP contribution in [0.15, 0.2) is 36.4 Å². The van der Waals surface area contributed by atoms with E-state index in [-0.39, 0.29) is 24.2 Å². The SMILES string of the molecule is Cc1cccc(N2CC(C(=O)Nc3ccc4c(c3)OC3(CCCC3)O4)CC2=O)c1C. The second kappa shape index (κ2) is 7.04. The van der Waals surface area contributed by atoms with Crippen LogP contribution in [0.25, 0.3) is 0 Å². The first-order valence-corrected chi connectivity index (χ1v) is 10.6. The minimum atomic E-state index is -0.519. The first kappa shape index (κ1) is 19.0. The molecule has 2 aliphatic heterocycles. The maximum absolute atomic E-state index is 12.9. The zero-order valence-electron chi connectivity index (χ0n) is 17.4. The van der Waals surface area contributed by atoms with Gasteiger partial charge < -0.3 is 19.7 Å². The van der Waals surface area contributed by atoms with Gasteiger partial charge in [0.15, 0.2) is 11.5 Å². The van der Waals surface area contributed by atoms with Gasteiger partial charge in [-0.15, -0.1) is 0 Å². The van der Waals surface area contributed by atoms with Crippen molar-refractivity contribution in [3.8, 4) is 11.5 Å². The van der Waals surface area contributed by atoms with E-state index in [2.05, 4.69) is 5.32 Å². The Kier molecular flexibility index (Phi) is 4.45. The van der Waals surface area contributed by atoms with Crippen molar-refractivity contribution in [2.75, 3.05) is 16.8 Å². The summed E-state index contributed by atoms with van der Waals surface area (Å²) >= 11 is 0. The number of anilines is 2. The lowest BCUT2D eigenvalue weighted by Crippen LogP contribution is -2.34. The molecule has 1 N–H and O–H groups in total. The third-order valence-electron chi connectivity index (χ3n) is 6.53. The van der Waals surface area contributed by atoms with Crippen LogP contribution in [0.5, 0.6) is 11.5 Å². The van der Waals surface area contributed by atoms with Gasteiger partial charge in [-0.2, -0.15) is 0 Å². The van der Waals surface area contributed by atoms with Gasteiger partial charge in [-0.05, 0) is 56.0 Å². The Labute approximate surface area is 176 Å². The van der Waals surface area contributed by atoms with Crippen molar-refractivity contribution in [3.05, 3.63) is 47.5 Å². The first-order chi connectivity index (χ1) is 14.4. The van der Waals surface area contributed by atoms with Crippen LogP contribution in [0.2, 0.25) is 0 Å². The van der Waals surface area contributed by atoms with Crippen LogP contribution in [0.4, 0.5) is 11.4 Å². The summed E-state index contributed by atoms with van der Waals surface area (Å²) in [5.41, 5.74) is 3.76. The average Bonchev–Trinajstić information content (AvgIpc) is 3.42. The van der Waals surface area contributed by atoms with Crippen LogP contribution in [0.1, 0.15) is 43.2 Å². The summed E-state index contributed by atoms with van der Waals surface area (Å²) in [6.45, 7) is 4.43. The van der Waals surface area contributed by atoms with Gasteiger partial charge in [0.2, 0.25) is 11.8 Å². The standard InChI is InChI=1S/C24H26N2O4/c1-15-6-5-7-19(16(15)2)26-14-17(12-22(26)27)23(28)25-18-8-9-20-21(13-18)30-24(29-20)10-3-4-11-24/h5-9,13,17H,3-4,10-12,14H2,1-2H3,(H,25,28). The molecule has 156 valence electrons. The Morgan fingerprint density at radius 2 is 1.87 bits per heavy atom. The maximum Gasteiger partial charge on any atom is 0.251 e. The number of amides is 2. The lowest BCUT2D eigenvalue weighted by atomic mass is 10.1. The van der Waals surface area contributed by atoms with Crippen LogP contribution in [-0.2, 0) is 9.59 Å². The molecule has 6 nitrogen and oxygen atoms in total. The van der Waals surface area contributed by atoms with Crippen molar-refractivity contribution in [1.29, 1.82) is 0 Å². The number of nitrogens with zero attached hydrogens (tertiary/aromatic N) is 1. The van der Waals surface area contributed by atoms with Crippen LogP contribution >= 0.6 is 0 Å². The number of carbonyl (C=O) groups is 2. The Morgan fingerprint density at radius 3 is 2.67 bits per heavy atom. The highest BCUT2D eigenvalue weighted by atomic mass is 16.7. The minimum absolute atomic E-state index is 0.0160. The van der Waals surface area contributed by atoms with E-state index in [4.69, 9.17) is 9.47 Å². The van der Waals surface area contributed by atoms with Crippen molar-refractivity contribution in [2.24, 2.45) is 5.92 Å². The molecule has 1 spiro atoms. The molecular weight excluding hydrogens is 380 g/mol. The lowest BCUT2D eigenvalue weighted by Gasteiger charge is -2.21. The number of aryl methyl sites for hydroxylation is 1. The fourth-order valence-electron chi connectivity index (χ4n) is 4.68. The predicted molar refractivity (Wildman–Crippen MR) is 114 cm³/mol. The monoisotopic (exact) mass is 406 g/mol. The molecule has 2 heterocycles. The Bertz CT molecular complexity index is 1030. The maximum atomic E-state index is 12.9. The van der Waals surface area contributed by atoms with Crippen molar-refractivity contribution in [2.45, 2.75) is 51.7 Å². The van der Waals surface area contributed by atoms with E-state index in [1.807, 2.05) is 50.2 Å². The second-order valence-electron chi connectivity index (χ2n) is 8.60. The van der Waals surface area contributed by atoms with Crippen LogP contribution in [0.3, 0.4) is 0 Å². The summed E-state index contributed by atoms with van der Waals surface area (Å²) in [6.07, 6.45) is 4.20. The van der Waals surface area contributed by atoms with E-state index in [0.717, 1.165) is 48.2 Å². The zero-order valence-corrected chi connectivity index (χ0v) is 17.4. The molecule has 1 aliphatic carbocycles. The third-order valence-corrected chi connectivity index (χ3v) is 6.53. The number of rotatable bonds is 3. The number of fused-ring (bicyclic) bond motifs is 1. The third kappa shape index (κ3) is 3.20. The van der Waals surface area contributed by atoms with Gasteiger partial charge in [0, 0.05) is 43.2 Å². The van der Waals surface area contributed by atoms with E-state index in [1.54, 1.807) is 4.90 Å². The molecule has 30 heavy (non-hydrogen) atoms. The van der Waals surface area contributed by atoms with E-state index in [9.17, 15) is 9.59 Å². The molecule has 1 atom stereocenters. The number of carbonyl (C=O) groups excluding carboxylic acids is 2. The fourth-order valence-corrected chi connectivity index (χ4v) is 4.68. The largest absolute Gasteiger partial charge is 0.448 e. The molecule has 5 rings (SSSR count). The fraction of sp³-hybridized carbons (Fsp3) is 0.417. The van der Waals surface area contributed by atoms with Gasteiger partial charge in [0.1, 0.15) is 0 Å². The highest BCUT2D eigenvalue weighted by Gasteiger charge is 2.44. The molecule has 1 saturated heterocycles. The molecule has 0 aromatic heterocycles. The molecule has 1 unspecified atom stereocenters. The van der Waals surface area contributed by atoms with Crippen molar-refractivity contribution in [3.63, 3.8) is 0 Å². The molecule has 2 amide bonds. The summed E-state index contributed by atoms with van der Waals surface area (Å²) in [4.78, 5) is 27.2. The summed E-state index contributed by atoms with van der Waals surface area (Å²) in [6, 6.07) is 11.4. The molecule has 2 fully saturated rings. The number of nitrogens with one attached hydrogen (secondary N) is 1. The molecule has 0 radical (unpaired) electrons. The number of hydrogen-bond donors (Lipinski definition) is 1. The minimum Gasteiger partial charge on any atom is -0.448 e. The Balaban J connectivity index is 1.28. The molecule has 3 aliphatic rings. The average molecular weight is 406 g/mol. The Morgan fingerprint density at radius 1 is 1.10 bits per heavy atom. The summed E-state index contributed by atoms with van der Waals surface area (Å²) in [7, 11) is 0. The molecule has 6 heteroatoms.